The average Bonchev–Trinajstić information content (AvgIpc) is 2.90. The molecule has 0 radical (unpaired) electrons. The Labute approximate surface area is 113 Å². The van der Waals surface area contributed by atoms with E-state index in [2.05, 4.69) is 9.88 Å². The molecule has 1 aromatic heterocycles. The lowest BCUT2D eigenvalue weighted by Gasteiger charge is -2.24. The molecule has 1 saturated carbocycles. The van der Waals surface area contributed by atoms with Crippen molar-refractivity contribution in [3.8, 4) is 0 Å². The molecular formula is C14H21N3O2. The van der Waals surface area contributed by atoms with E-state index < -0.39 is 0 Å². The molecule has 0 aromatic carbocycles. The first-order valence-electron chi connectivity index (χ1n) is 6.66. The molecule has 1 aromatic rings. The zero-order valence-electron chi connectivity index (χ0n) is 11.6. The molecule has 0 atom stereocenters. The highest BCUT2D eigenvalue weighted by molar-refractivity contribution is 5.96. The van der Waals surface area contributed by atoms with Gasteiger partial charge in [0, 0.05) is 13.6 Å². The zero-order chi connectivity index (χ0) is 13.8. The number of nitrogens with zero attached hydrogens (tertiary/aromatic N) is 2. The van der Waals surface area contributed by atoms with Crippen LogP contribution in [0.1, 0.15) is 36.0 Å². The largest absolute Gasteiger partial charge is 0.465 e. The molecule has 1 aliphatic carbocycles. The van der Waals surface area contributed by atoms with E-state index in [-0.39, 0.29) is 5.97 Å². The van der Waals surface area contributed by atoms with Crippen LogP contribution in [0.15, 0.2) is 12.3 Å². The van der Waals surface area contributed by atoms with Gasteiger partial charge in [-0.3, -0.25) is 0 Å². The van der Waals surface area contributed by atoms with Crippen LogP contribution in [0.3, 0.4) is 0 Å². The SMILES string of the molecule is COC(=O)c1cc(N)ncc1N(C)CC1CCCC1. The smallest absolute Gasteiger partial charge is 0.340 e. The number of carbonyl (C=O) groups excluding carboxylic acids is 1. The third-order valence-electron chi connectivity index (χ3n) is 3.73. The van der Waals surface area contributed by atoms with Crippen molar-refractivity contribution in [1.82, 2.24) is 4.98 Å². The van der Waals surface area contributed by atoms with E-state index in [1.165, 1.54) is 32.8 Å². The topological polar surface area (TPSA) is 68.5 Å². The number of esters is 1. The van der Waals surface area contributed by atoms with E-state index in [4.69, 9.17) is 10.5 Å². The number of pyridine rings is 1. The van der Waals surface area contributed by atoms with Crippen molar-refractivity contribution in [2.24, 2.45) is 5.92 Å². The van der Waals surface area contributed by atoms with E-state index in [9.17, 15) is 4.79 Å². The summed E-state index contributed by atoms with van der Waals surface area (Å²) in [5, 5.41) is 0. The Morgan fingerprint density at radius 3 is 2.84 bits per heavy atom. The highest BCUT2D eigenvalue weighted by atomic mass is 16.5. The predicted molar refractivity (Wildman–Crippen MR) is 75.2 cm³/mol. The summed E-state index contributed by atoms with van der Waals surface area (Å²) in [5.74, 6) is 0.661. The summed E-state index contributed by atoms with van der Waals surface area (Å²) in [6.07, 6.45) is 6.79. The summed E-state index contributed by atoms with van der Waals surface area (Å²) >= 11 is 0. The molecule has 5 nitrogen and oxygen atoms in total. The summed E-state index contributed by atoms with van der Waals surface area (Å²) in [6, 6.07) is 1.58. The van der Waals surface area contributed by atoms with Crippen molar-refractivity contribution >= 4 is 17.5 Å². The first-order chi connectivity index (χ1) is 9.11. The Bertz CT molecular complexity index is 456. The van der Waals surface area contributed by atoms with E-state index in [1.807, 2.05) is 7.05 Å². The number of rotatable bonds is 4. The Kier molecular flexibility index (Phi) is 4.24. The molecule has 2 N–H and O–H groups in total. The maximum absolute atomic E-state index is 11.8. The summed E-state index contributed by atoms with van der Waals surface area (Å²) in [6.45, 7) is 0.940. The quantitative estimate of drug-likeness (QED) is 0.842. The number of methoxy groups -OCH3 is 1. The number of aromatic nitrogens is 1. The number of hydrogen-bond donors (Lipinski definition) is 1. The number of hydrogen-bond acceptors (Lipinski definition) is 5. The second-order valence-electron chi connectivity index (χ2n) is 5.15. The van der Waals surface area contributed by atoms with Crippen molar-refractivity contribution in [3.63, 3.8) is 0 Å². The van der Waals surface area contributed by atoms with Crippen molar-refractivity contribution < 1.29 is 9.53 Å². The first kappa shape index (κ1) is 13.6. The van der Waals surface area contributed by atoms with Gasteiger partial charge < -0.3 is 15.4 Å². The van der Waals surface area contributed by atoms with Crippen molar-refractivity contribution in [3.05, 3.63) is 17.8 Å². The minimum Gasteiger partial charge on any atom is -0.465 e. The van der Waals surface area contributed by atoms with Crippen LogP contribution < -0.4 is 10.6 Å². The maximum Gasteiger partial charge on any atom is 0.340 e. The van der Waals surface area contributed by atoms with E-state index in [0.29, 0.717) is 17.3 Å². The standard InChI is InChI=1S/C14H21N3O2/c1-17(9-10-5-3-4-6-10)12-8-16-13(15)7-11(12)14(18)19-2/h7-8,10H,3-6,9H2,1-2H3,(H2,15,16). The molecule has 1 fully saturated rings. The van der Waals surface area contributed by atoms with Gasteiger partial charge in [-0.25, -0.2) is 9.78 Å². The third-order valence-corrected chi connectivity index (χ3v) is 3.73. The van der Waals surface area contributed by atoms with Gasteiger partial charge in [0.15, 0.2) is 0 Å². The van der Waals surface area contributed by atoms with Gasteiger partial charge in [0.1, 0.15) is 5.82 Å². The molecule has 0 aliphatic heterocycles. The Balaban J connectivity index is 2.19. The molecule has 1 aliphatic rings. The van der Waals surface area contributed by atoms with Crippen molar-refractivity contribution in [1.29, 1.82) is 0 Å². The molecule has 19 heavy (non-hydrogen) atoms. The lowest BCUT2D eigenvalue weighted by Crippen LogP contribution is -2.26. The minimum atomic E-state index is -0.373. The van der Waals surface area contributed by atoms with E-state index in [0.717, 1.165) is 12.2 Å². The minimum absolute atomic E-state index is 0.332. The van der Waals surface area contributed by atoms with Gasteiger partial charge in [0.2, 0.25) is 0 Å². The zero-order valence-corrected chi connectivity index (χ0v) is 11.6. The lowest BCUT2D eigenvalue weighted by atomic mass is 10.1. The summed E-state index contributed by atoms with van der Waals surface area (Å²) < 4.78 is 4.80. The summed E-state index contributed by atoms with van der Waals surface area (Å²) in [5.41, 5.74) is 6.91. The molecule has 104 valence electrons. The molecular weight excluding hydrogens is 242 g/mol. The Morgan fingerprint density at radius 2 is 2.21 bits per heavy atom. The Morgan fingerprint density at radius 1 is 1.53 bits per heavy atom. The molecule has 0 bridgehead atoms. The van der Waals surface area contributed by atoms with Crippen molar-refractivity contribution in [2.45, 2.75) is 25.7 Å². The second kappa shape index (κ2) is 5.91. The van der Waals surface area contributed by atoms with E-state index in [1.54, 1.807) is 12.3 Å². The van der Waals surface area contributed by atoms with Gasteiger partial charge >= 0.3 is 5.97 Å². The molecule has 0 unspecified atom stereocenters. The van der Waals surface area contributed by atoms with Gasteiger partial charge in [-0.2, -0.15) is 0 Å². The monoisotopic (exact) mass is 263 g/mol. The normalized spacial score (nSPS) is 15.5. The van der Waals surface area contributed by atoms with Gasteiger partial charge in [0.05, 0.1) is 24.6 Å². The fourth-order valence-electron chi connectivity index (χ4n) is 2.72. The highest BCUT2D eigenvalue weighted by Crippen LogP contribution is 2.28. The molecule has 1 heterocycles. The third kappa shape index (κ3) is 3.16. The van der Waals surface area contributed by atoms with Crippen LogP contribution >= 0.6 is 0 Å². The number of ether oxygens (including phenoxy) is 1. The van der Waals surface area contributed by atoms with Crippen LogP contribution in [-0.2, 0) is 4.74 Å². The number of carbonyl (C=O) groups is 1. The van der Waals surface area contributed by atoms with Crippen LogP contribution in [0.4, 0.5) is 11.5 Å². The predicted octanol–water partition coefficient (Wildman–Crippen LogP) is 2.08. The van der Waals surface area contributed by atoms with Crippen molar-refractivity contribution in [2.75, 3.05) is 31.3 Å². The molecule has 0 spiro atoms. The van der Waals surface area contributed by atoms with Crippen LogP contribution in [0.25, 0.3) is 0 Å². The Hall–Kier alpha value is -1.78. The second-order valence-corrected chi connectivity index (χ2v) is 5.15. The van der Waals surface area contributed by atoms with Crippen LogP contribution in [0, 0.1) is 5.92 Å². The van der Waals surface area contributed by atoms with Gasteiger partial charge in [-0.05, 0) is 24.8 Å². The van der Waals surface area contributed by atoms with Gasteiger partial charge in [0.25, 0.3) is 0 Å². The molecule has 2 rings (SSSR count). The fraction of sp³-hybridized carbons (Fsp3) is 0.571. The average molecular weight is 263 g/mol. The number of nitrogen functional groups attached to an aromatic ring is 1. The molecule has 0 amide bonds. The van der Waals surface area contributed by atoms with Crippen LogP contribution in [0.2, 0.25) is 0 Å². The summed E-state index contributed by atoms with van der Waals surface area (Å²) in [4.78, 5) is 18.0. The lowest BCUT2D eigenvalue weighted by molar-refractivity contribution is 0.0601. The highest BCUT2D eigenvalue weighted by Gasteiger charge is 2.21. The first-order valence-corrected chi connectivity index (χ1v) is 6.66. The van der Waals surface area contributed by atoms with Crippen LogP contribution in [0.5, 0.6) is 0 Å². The fourth-order valence-corrected chi connectivity index (χ4v) is 2.72. The van der Waals surface area contributed by atoms with Gasteiger partial charge in [-0.15, -0.1) is 0 Å². The van der Waals surface area contributed by atoms with E-state index >= 15 is 0 Å². The summed E-state index contributed by atoms with van der Waals surface area (Å²) in [7, 11) is 3.36. The number of anilines is 2. The molecule has 5 heteroatoms. The number of nitrogens with two attached hydrogens (primary N) is 1. The van der Waals surface area contributed by atoms with Crippen LogP contribution in [-0.4, -0.2) is 31.7 Å². The van der Waals surface area contributed by atoms with Gasteiger partial charge in [-0.1, -0.05) is 12.8 Å². The maximum atomic E-state index is 11.8. The molecule has 0 saturated heterocycles.